The second-order valence-electron chi connectivity index (χ2n) is 4.32. The fraction of sp³-hybridized carbons (Fsp3) is 0.400. The van der Waals surface area contributed by atoms with E-state index in [1.807, 2.05) is 38.9 Å². The van der Waals surface area contributed by atoms with Crippen LogP contribution >= 0.6 is 15.9 Å². The summed E-state index contributed by atoms with van der Waals surface area (Å²) in [7, 11) is 3.45. The van der Waals surface area contributed by atoms with E-state index in [0.29, 0.717) is 0 Å². The molecule has 1 heterocycles. The van der Waals surface area contributed by atoms with Crippen LogP contribution in [0, 0.1) is 6.92 Å². The average Bonchev–Trinajstić information content (AvgIpc) is 2.72. The monoisotopic (exact) mass is 325 g/mol. The summed E-state index contributed by atoms with van der Waals surface area (Å²) in [4.78, 5) is 11.7. The van der Waals surface area contributed by atoms with Gasteiger partial charge in [-0.2, -0.15) is 0 Å². The molecule has 0 aliphatic carbocycles. The Balaban J connectivity index is 0.000000861. The predicted molar refractivity (Wildman–Crippen MR) is 82.9 cm³/mol. The number of para-hydroxylation sites is 1. The first-order valence-electron chi connectivity index (χ1n) is 6.07. The van der Waals surface area contributed by atoms with E-state index in [9.17, 15) is 4.79 Å². The topological polar surface area (TPSA) is 31.2 Å². The minimum absolute atomic E-state index is 0.190. The van der Waals surface area contributed by atoms with Gasteiger partial charge in [-0.15, -0.1) is 0 Å². The van der Waals surface area contributed by atoms with Crippen LogP contribution in [0.15, 0.2) is 24.3 Å². The normalized spacial score (nSPS) is 11.7. The Kier molecular flexibility index (Phi) is 5.60. The molecule has 4 heteroatoms. The van der Waals surface area contributed by atoms with Crippen LogP contribution in [0.25, 0.3) is 10.9 Å². The first-order chi connectivity index (χ1) is 9.07. The molecule has 0 saturated carbocycles. The maximum atomic E-state index is 11.7. The number of methoxy groups -OCH3 is 1. The Labute approximate surface area is 122 Å². The number of esters is 1. The molecule has 0 bridgehead atoms. The van der Waals surface area contributed by atoms with Crippen molar-refractivity contribution >= 4 is 32.8 Å². The van der Waals surface area contributed by atoms with Gasteiger partial charge in [0.2, 0.25) is 0 Å². The van der Waals surface area contributed by atoms with Gasteiger partial charge in [0.15, 0.2) is 0 Å². The van der Waals surface area contributed by atoms with Gasteiger partial charge in [0.05, 0.1) is 13.0 Å². The number of benzene rings is 1. The molecule has 2 rings (SSSR count). The lowest BCUT2D eigenvalue weighted by Gasteiger charge is -2.10. The maximum Gasteiger partial charge on any atom is 0.312 e. The number of hydrogen-bond acceptors (Lipinski definition) is 2. The van der Waals surface area contributed by atoms with E-state index in [1.54, 1.807) is 0 Å². The van der Waals surface area contributed by atoms with E-state index in [-0.39, 0.29) is 11.9 Å². The predicted octanol–water partition coefficient (Wildman–Crippen LogP) is 3.77. The Morgan fingerprint density at radius 1 is 1.32 bits per heavy atom. The van der Waals surface area contributed by atoms with Gasteiger partial charge in [0, 0.05) is 23.6 Å². The fourth-order valence-corrected chi connectivity index (χ4v) is 2.39. The highest BCUT2D eigenvalue weighted by Gasteiger charge is 2.23. The number of halogens is 1. The molecule has 0 N–H and O–H groups in total. The van der Waals surface area contributed by atoms with Crippen LogP contribution in [0.5, 0.6) is 0 Å². The van der Waals surface area contributed by atoms with Gasteiger partial charge in [-0.3, -0.25) is 4.79 Å². The van der Waals surface area contributed by atoms with E-state index < -0.39 is 0 Å². The van der Waals surface area contributed by atoms with Gasteiger partial charge in [-0.05, 0) is 31.3 Å². The Bertz CT molecular complexity index is 575. The average molecular weight is 326 g/mol. The SMILES string of the molecule is CBr.COC(=O)C(C)c1c(C)n(C)c2ccccc12. The molecule has 1 atom stereocenters. The molecule has 0 spiro atoms. The summed E-state index contributed by atoms with van der Waals surface area (Å²) in [5.41, 5.74) is 3.33. The van der Waals surface area contributed by atoms with Crippen molar-refractivity contribution in [2.24, 2.45) is 7.05 Å². The molecule has 1 unspecified atom stereocenters. The number of carbonyl (C=O) groups is 1. The van der Waals surface area contributed by atoms with Gasteiger partial charge in [0.1, 0.15) is 0 Å². The molecule has 2 aromatic rings. The van der Waals surface area contributed by atoms with E-state index in [2.05, 4.69) is 32.6 Å². The number of aromatic nitrogens is 1. The van der Waals surface area contributed by atoms with Crippen LogP contribution in [-0.2, 0) is 16.6 Å². The third-order valence-electron chi connectivity index (χ3n) is 3.44. The molecule has 19 heavy (non-hydrogen) atoms. The summed E-state index contributed by atoms with van der Waals surface area (Å²) in [6, 6.07) is 8.12. The quantitative estimate of drug-likeness (QED) is 0.621. The van der Waals surface area contributed by atoms with E-state index >= 15 is 0 Å². The van der Waals surface area contributed by atoms with Crippen molar-refractivity contribution in [3.05, 3.63) is 35.5 Å². The van der Waals surface area contributed by atoms with Gasteiger partial charge < -0.3 is 9.30 Å². The number of carbonyl (C=O) groups excluding carboxylic acids is 1. The third kappa shape index (κ3) is 2.84. The van der Waals surface area contributed by atoms with Crippen molar-refractivity contribution in [2.45, 2.75) is 19.8 Å². The summed E-state index contributed by atoms with van der Waals surface area (Å²) >= 11 is 2.94. The smallest absolute Gasteiger partial charge is 0.312 e. The molecule has 0 aliphatic rings. The molecule has 1 aromatic carbocycles. The Morgan fingerprint density at radius 2 is 1.89 bits per heavy atom. The number of ether oxygens (including phenoxy) is 1. The molecular formula is C15H20BrNO2. The first-order valence-corrected chi connectivity index (χ1v) is 7.66. The zero-order valence-electron chi connectivity index (χ0n) is 12.0. The summed E-state index contributed by atoms with van der Waals surface area (Å²) in [5, 5.41) is 1.13. The summed E-state index contributed by atoms with van der Waals surface area (Å²) in [6.45, 7) is 3.93. The summed E-state index contributed by atoms with van der Waals surface area (Å²) in [5.74, 6) is 1.39. The number of hydrogen-bond donors (Lipinski definition) is 0. The number of nitrogens with zero attached hydrogens (tertiary/aromatic N) is 1. The lowest BCUT2D eigenvalue weighted by atomic mass is 9.98. The van der Waals surface area contributed by atoms with Crippen molar-refractivity contribution in [1.82, 2.24) is 4.57 Å². The summed E-state index contributed by atoms with van der Waals surface area (Å²) < 4.78 is 6.95. The van der Waals surface area contributed by atoms with Crippen LogP contribution in [0.3, 0.4) is 0 Å². The highest BCUT2D eigenvalue weighted by molar-refractivity contribution is 9.08. The molecule has 0 radical (unpaired) electrons. The maximum absolute atomic E-state index is 11.7. The lowest BCUT2D eigenvalue weighted by Crippen LogP contribution is -2.11. The van der Waals surface area contributed by atoms with Gasteiger partial charge in [0.25, 0.3) is 0 Å². The first kappa shape index (κ1) is 15.8. The third-order valence-corrected chi connectivity index (χ3v) is 3.44. The van der Waals surface area contributed by atoms with Crippen molar-refractivity contribution < 1.29 is 9.53 Å². The van der Waals surface area contributed by atoms with Crippen LogP contribution < -0.4 is 0 Å². The standard InChI is InChI=1S/C14H17NO2.CH3Br/c1-9(14(16)17-4)13-10(2)15(3)12-8-6-5-7-11(12)13;1-2/h5-9H,1-4H3;1H3. The van der Waals surface area contributed by atoms with Crippen LogP contribution in [0.4, 0.5) is 0 Å². The molecule has 0 amide bonds. The van der Waals surface area contributed by atoms with Crippen molar-refractivity contribution in [1.29, 1.82) is 0 Å². The number of rotatable bonds is 2. The lowest BCUT2D eigenvalue weighted by molar-refractivity contribution is -0.141. The van der Waals surface area contributed by atoms with Gasteiger partial charge in [-0.1, -0.05) is 34.1 Å². The van der Waals surface area contributed by atoms with Crippen LogP contribution in [0.2, 0.25) is 0 Å². The highest BCUT2D eigenvalue weighted by atomic mass is 79.9. The number of fused-ring (bicyclic) bond motifs is 1. The molecular weight excluding hydrogens is 306 g/mol. The number of alkyl halides is 1. The van der Waals surface area contributed by atoms with E-state index in [0.717, 1.165) is 22.2 Å². The largest absolute Gasteiger partial charge is 0.469 e. The minimum atomic E-state index is -0.230. The van der Waals surface area contributed by atoms with E-state index in [4.69, 9.17) is 4.74 Å². The number of aryl methyl sites for hydroxylation is 1. The van der Waals surface area contributed by atoms with E-state index in [1.165, 1.54) is 7.11 Å². The van der Waals surface area contributed by atoms with Crippen molar-refractivity contribution in [3.63, 3.8) is 0 Å². The van der Waals surface area contributed by atoms with Crippen LogP contribution in [-0.4, -0.2) is 23.5 Å². The molecule has 0 saturated heterocycles. The van der Waals surface area contributed by atoms with Gasteiger partial charge >= 0.3 is 5.97 Å². The second-order valence-corrected chi connectivity index (χ2v) is 4.32. The Hall–Kier alpha value is -1.29. The molecule has 0 aliphatic heterocycles. The molecule has 1 aromatic heterocycles. The second kappa shape index (κ2) is 6.75. The zero-order valence-corrected chi connectivity index (χ0v) is 13.6. The Morgan fingerprint density at radius 3 is 2.47 bits per heavy atom. The van der Waals surface area contributed by atoms with Crippen LogP contribution in [0.1, 0.15) is 24.1 Å². The fourth-order valence-electron chi connectivity index (χ4n) is 2.39. The molecule has 0 fully saturated rings. The summed E-state index contributed by atoms with van der Waals surface area (Å²) in [6.07, 6.45) is 0. The van der Waals surface area contributed by atoms with Crippen molar-refractivity contribution in [2.75, 3.05) is 12.9 Å². The minimum Gasteiger partial charge on any atom is -0.469 e. The van der Waals surface area contributed by atoms with Gasteiger partial charge in [-0.25, -0.2) is 0 Å². The highest BCUT2D eigenvalue weighted by Crippen LogP contribution is 2.31. The molecule has 104 valence electrons. The molecule has 3 nitrogen and oxygen atoms in total. The van der Waals surface area contributed by atoms with Crippen molar-refractivity contribution in [3.8, 4) is 0 Å². The zero-order chi connectivity index (χ0) is 14.6.